The zero-order chi connectivity index (χ0) is 11.4. The Labute approximate surface area is 98.3 Å². The monoisotopic (exact) mass is 239 g/mol. The third-order valence-electron chi connectivity index (χ3n) is 2.82. The van der Waals surface area contributed by atoms with E-state index in [2.05, 4.69) is 15.3 Å². The van der Waals surface area contributed by atoms with Crippen molar-refractivity contribution in [3.63, 3.8) is 0 Å². The summed E-state index contributed by atoms with van der Waals surface area (Å²) in [5.74, 6) is 0.652. The molecule has 1 N–H and O–H groups in total. The van der Waals surface area contributed by atoms with Crippen LogP contribution in [0.25, 0.3) is 0 Å². The Balaban J connectivity index is 2.00. The number of nitrogens with one attached hydrogen (secondary N) is 1. The van der Waals surface area contributed by atoms with Gasteiger partial charge in [-0.2, -0.15) is 0 Å². The Morgan fingerprint density at radius 2 is 2.25 bits per heavy atom. The SMILES string of the molecule is Cc1nccnc1S(=O)CC1CCCCN1. The van der Waals surface area contributed by atoms with E-state index in [4.69, 9.17) is 0 Å². The lowest BCUT2D eigenvalue weighted by Gasteiger charge is -2.22. The molecule has 1 saturated heterocycles. The summed E-state index contributed by atoms with van der Waals surface area (Å²) in [4.78, 5) is 8.27. The Morgan fingerprint density at radius 1 is 1.44 bits per heavy atom. The van der Waals surface area contributed by atoms with Gasteiger partial charge in [-0.05, 0) is 26.3 Å². The quantitative estimate of drug-likeness (QED) is 0.856. The number of aromatic nitrogens is 2. The van der Waals surface area contributed by atoms with Crippen LogP contribution in [0.4, 0.5) is 0 Å². The first-order valence-corrected chi connectivity index (χ1v) is 6.98. The van der Waals surface area contributed by atoms with Gasteiger partial charge in [0.25, 0.3) is 0 Å². The summed E-state index contributed by atoms with van der Waals surface area (Å²) >= 11 is 0. The van der Waals surface area contributed by atoms with Crippen LogP contribution in [0.2, 0.25) is 0 Å². The van der Waals surface area contributed by atoms with E-state index in [9.17, 15) is 4.21 Å². The molecule has 1 fully saturated rings. The van der Waals surface area contributed by atoms with Gasteiger partial charge in [0.2, 0.25) is 0 Å². The van der Waals surface area contributed by atoms with Crippen molar-refractivity contribution in [2.75, 3.05) is 12.3 Å². The molecule has 0 radical (unpaired) electrons. The molecule has 5 heteroatoms. The van der Waals surface area contributed by atoms with Crippen LogP contribution in [-0.4, -0.2) is 32.5 Å². The summed E-state index contributed by atoms with van der Waals surface area (Å²) < 4.78 is 12.1. The minimum absolute atomic E-state index is 0.371. The zero-order valence-electron chi connectivity index (χ0n) is 9.48. The molecular formula is C11H17N3OS. The first kappa shape index (κ1) is 11.7. The van der Waals surface area contributed by atoms with Crippen molar-refractivity contribution in [2.24, 2.45) is 0 Å². The summed E-state index contributed by atoms with van der Waals surface area (Å²) in [7, 11) is -1.03. The van der Waals surface area contributed by atoms with Crippen LogP contribution in [-0.2, 0) is 10.8 Å². The van der Waals surface area contributed by atoms with Crippen LogP contribution in [0.1, 0.15) is 25.0 Å². The molecule has 1 aromatic rings. The molecule has 2 rings (SSSR count). The molecule has 2 heterocycles. The summed E-state index contributed by atoms with van der Waals surface area (Å²) in [6.07, 6.45) is 6.82. The normalized spacial score (nSPS) is 22.9. The molecule has 0 spiro atoms. The van der Waals surface area contributed by atoms with Crippen molar-refractivity contribution in [1.82, 2.24) is 15.3 Å². The van der Waals surface area contributed by atoms with Gasteiger partial charge in [0.05, 0.1) is 16.5 Å². The Bertz CT molecular complexity index is 377. The van der Waals surface area contributed by atoms with Crippen molar-refractivity contribution in [3.8, 4) is 0 Å². The second-order valence-electron chi connectivity index (χ2n) is 4.11. The summed E-state index contributed by atoms with van der Waals surface area (Å²) in [6, 6.07) is 0.371. The van der Waals surface area contributed by atoms with Gasteiger partial charge in [-0.1, -0.05) is 6.42 Å². The molecule has 0 saturated carbocycles. The van der Waals surface area contributed by atoms with Crippen molar-refractivity contribution in [1.29, 1.82) is 0 Å². The number of nitrogens with zero attached hydrogens (tertiary/aromatic N) is 2. The number of rotatable bonds is 3. The predicted octanol–water partition coefficient (Wildman–Crippen LogP) is 1.03. The second-order valence-corrected chi connectivity index (χ2v) is 5.52. The molecule has 2 atom stereocenters. The van der Waals surface area contributed by atoms with Crippen LogP contribution >= 0.6 is 0 Å². The number of aryl methyl sites for hydroxylation is 1. The lowest BCUT2D eigenvalue weighted by Crippen LogP contribution is -2.38. The molecule has 88 valence electrons. The van der Waals surface area contributed by atoms with E-state index in [1.54, 1.807) is 12.4 Å². The fourth-order valence-electron chi connectivity index (χ4n) is 1.95. The average molecular weight is 239 g/mol. The van der Waals surface area contributed by atoms with Gasteiger partial charge in [-0.3, -0.25) is 9.19 Å². The summed E-state index contributed by atoms with van der Waals surface area (Å²) in [5.41, 5.74) is 0.775. The van der Waals surface area contributed by atoms with Crippen LogP contribution in [0.15, 0.2) is 17.4 Å². The fourth-order valence-corrected chi connectivity index (χ4v) is 3.31. The smallest absolute Gasteiger partial charge is 0.148 e. The van der Waals surface area contributed by atoms with Crippen LogP contribution in [0, 0.1) is 6.92 Å². The maximum atomic E-state index is 12.1. The van der Waals surface area contributed by atoms with Gasteiger partial charge >= 0.3 is 0 Å². The molecular weight excluding hydrogens is 222 g/mol. The van der Waals surface area contributed by atoms with Gasteiger partial charge in [-0.25, -0.2) is 4.98 Å². The van der Waals surface area contributed by atoms with Gasteiger partial charge in [0.1, 0.15) is 5.03 Å². The highest BCUT2D eigenvalue weighted by Crippen LogP contribution is 2.12. The average Bonchev–Trinajstić information content (AvgIpc) is 2.31. The molecule has 1 aliphatic heterocycles. The molecule has 0 amide bonds. The van der Waals surface area contributed by atoms with E-state index in [0.717, 1.165) is 18.7 Å². The number of hydrogen-bond acceptors (Lipinski definition) is 4. The molecule has 0 aliphatic carbocycles. The number of hydrogen-bond donors (Lipinski definition) is 1. The maximum Gasteiger partial charge on any atom is 0.148 e. The van der Waals surface area contributed by atoms with Crippen molar-refractivity contribution >= 4 is 10.8 Å². The summed E-state index contributed by atoms with van der Waals surface area (Å²) in [6.45, 7) is 2.90. The van der Waals surface area contributed by atoms with E-state index in [1.807, 2.05) is 6.92 Å². The first-order valence-electron chi connectivity index (χ1n) is 5.67. The lowest BCUT2D eigenvalue weighted by molar-refractivity contribution is 0.427. The van der Waals surface area contributed by atoms with Crippen LogP contribution in [0.5, 0.6) is 0 Å². The molecule has 2 unspecified atom stereocenters. The molecule has 0 bridgehead atoms. The Hall–Kier alpha value is -0.810. The van der Waals surface area contributed by atoms with Gasteiger partial charge in [-0.15, -0.1) is 0 Å². The van der Waals surface area contributed by atoms with E-state index >= 15 is 0 Å². The van der Waals surface area contributed by atoms with Crippen molar-refractivity contribution in [3.05, 3.63) is 18.1 Å². The largest absolute Gasteiger partial charge is 0.313 e. The standard InChI is InChI=1S/C11H17N3OS/c1-9-11(14-7-6-12-9)16(15)8-10-4-2-3-5-13-10/h6-7,10,13H,2-5,8H2,1H3. The minimum atomic E-state index is -1.03. The first-order chi connectivity index (χ1) is 7.77. The Morgan fingerprint density at radius 3 is 2.94 bits per heavy atom. The number of piperidine rings is 1. The topological polar surface area (TPSA) is 54.9 Å². The molecule has 0 aromatic carbocycles. The van der Waals surface area contributed by atoms with Crippen LogP contribution < -0.4 is 5.32 Å². The highest BCUT2D eigenvalue weighted by Gasteiger charge is 2.18. The van der Waals surface area contributed by atoms with E-state index < -0.39 is 10.8 Å². The molecule has 16 heavy (non-hydrogen) atoms. The highest BCUT2D eigenvalue weighted by atomic mass is 32.2. The lowest BCUT2D eigenvalue weighted by atomic mass is 10.1. The maximum absolute atomic E-state index is 12.1. The van der Waals surface area contributed by atoms with E-state index in [-0.39, 0.29) is 0 Å². The van der Waals surface area contributed by atoms with Crippen LogP contribution in [0.3, 0.4) is 0 Å². The van der Waals surface area contributed by atoms with Gasteiger partial charge < -0.3 is 5.32 Å². The summed E-state index contributed by atoms with van der Waals surface area (Å²) in [5, 5.41) is 4.03. The van der Waals surface area contributed by atoms with Crippen molar-refractivity contribution in [2.45, 2.75) is 37.3 Å². The third kappa shape index (κ3) is 2.86. The van der Waals surface area contributed by atoms with Gasteiger partial charge in [0.15, 0.2) is 0 Å². The zero-order valence-corrected chi connectivity index (χ0v) is 10.3. The highest BCUT2D eigenvalue weighted by molar-refractivity contribution is 7.85. The molecule has 4 nitrogen and oxygen atoms in total. The molecule has 1 aliphatic rings. The van der Waals surface area contributed by atoms with Crippen molar-refractivity contribution < 1.29 is 4.21 Å². The second kappa shape index (κ2) is 5.50. The predicted molar refractivity (Wildman–Crippen MR) is 63.7 cm³/mol. The van der Waals surface area contributed by atoms with E-state index in [0.29, 0.717) is 16.8 Å². The van der Waals surface area contributed by atoms with Gasteiger partial charge in [0, 0.05) is 24.2 Å². The molecule has 1 aromatic heterocycles. The fraction of sp³-hybridized carbons (Fsp3) is 0.636. The Kier molecular flexibility index (Phi) is 4.01. The third-order valence-corrected chi connectivity index (χ3v) is 4.35. The van der Waals surface area contributed by atoms with E-state index in [1.165, 1.54) is 12.8 Å². The minimum Gasteiger partial charge on any atom is -0.313 e.